The molecule has 0 spiro atoms. The number of aliphatic hydroxyl groups excluding tert-OH is 1. The average molecular weight is 330 g/mol. The molecule has 2 amide bonds. The Bertz CT molecular complexity index is 717. The van der Waals surface area contributed by atoms with E-state index < -0.39 is 11.8 Å². The molecule has 0 aliphatic heterocycles. The topological polar surface area (TPSA) is 70.6 Å². The van der Waals surface area contributed by atoms with E-state index in [1.54, 1.807) is 30.3 Å². The van der Waals surface area contributed by atoms with E-state index in [2.05, 4.69) is 10.6 Å². The SMILES string of the molecule is O=C(NCC1(CO)CC1)Nc1c(F)cccc1Oc1ccccc1. The van der Waals surface area contributed by atoms with Gasteiger partial charge in [-0.25, -0.2) is 9.18 Å². The number of nitrogens with one attached hydrogen (secondary N) is 2. The molecule has 3 rings (SSSR count). The van der Waals surface area contributed by atoms with Gasteiger partial charge in [0.05, 0.1) is 6.61 Å². The van der Waals surface area contributed by atoms with Gasteiger partial charge in [-0.2, -0.15) is 0 Å². The van der Waals surface area contributed by atoms with Crippen LogP contribution >= 0.6 is 0 Å². The van der Waals surface area contributed by atoms with Gasteiger partial charge in [-0.3, -0.25) is 0 Å². The molecular formula is C18H19FN2O3. The second-order valence-corrected chi connectivity index (χ2v) is 5.99. The number of urea groups is 1. The maximum Gasteiger partial charge on any atom is 0.319 e. The first-order valence-corrected chi connectivity index (χ1v) is 7.79. The van der Waals surface area contributed by atoms with Gasteiger partial charge in [0.15, 0.2) is 11.6 Å². The summed E-state index contributed by atoms with van der Waals surface area (Å²) in [6, 6.07) is 12.8. The van der Waals surface area contributed by atoms with Crippen molar-refractivity contribution in [3.63, 3.8) is 0 Å². The van der Waals surface area contributed by atoms with Crippen molar-refractivity contribution in [3.8, 4) is 11.5 Å². The summed E-state index contributed by atoms with van der Waals surface area (Å²) >= 11 is 0. The average Bonchev–Trinajstić information content (AvgIpc) is 3.38. The molecule has 0 unspecified atom stereocenters. The third-order valence-electron chi connectivity index (χ3n) is 4.10. The van der Waals surface area contributed by atoms with Crippen molar-refractivity contribution in [2.24, 2.45) is 5.41 Å². The van der Waals surface area contributed by atoms with Crippen molar-refractivity contribution in [1.29, 1.82) is 0 Å². The van der Waals surface area contributed by atoms with E-state index in [0.717, 1.165) is 12.8 Å². The highest BCUT2D eigenvalue weighted by Crippen LogP contribution is 2.44. The van der Waals surface area contributed by atoms with Crippen LogP contribution in [0.1, 0.15) is 12.8 Å². The summed E-state index contributed by atoms with van der Waals surface area (Å²) in [7, 11) is 0. The Morgan fingerprint density at radius 3 is 2.58 bits per heavy atom. The zero-order valence-corrected chi connectivity index (χ0v) is 13.1. The van der Waals surface area contributed by atoms with Gasteiger partial charge in [0.2, 0.25) is 0 Å². The summed E-state index contributed by atoms with van der Waals surface area (Å²) in [6.07, 6.45) is 1.76. The maximum atomic E-state index is 14.1. The zero-order chi connectivity index (χ0) is 17.0. The van der Waals surface area contributed by atoms with Gasteiger partial charge >= 0.3 is 6.03 Å². The summed E-state index contributed by atoms with van der Waals surface area (Å²) in [5, 5.41) is 14.4. The molecule has 2 aromatic rings. The predicted octanol–water partition coefficient (Wildman–Crippen LogP) is 3.51. The van der Waals surface area contributed by atoms with Crippen LogP contribution in [0.25, 0.3) is 0 Å². The minimum absolute atomic E-state index is 0.0206. The fourth-order valence-corrected chi connectivity index (χ4v) is 2.32. The normalized spacial score (nSPS) is 14.8. The molecule has 0 atom stereocenters. The second-order valence-electron chi connectivity index (χ2n) is 5.99. The number of carbonyl (C=O) groups excluding carboxylic acids is 1. The standard InChI is InChI=1S/C18H19FN2O3/c19-14-7-4-8-15(24-13-5-2-1-3-6-13)16(14)21-17(23)20-11-18(12-22)9-10-18/h1-8,22H,9-12H2,(H2,20,21,23). The molecular weight excluding hydrogens is 311 g/mol. The quantitative estimate of drug-likeness (QED) is 0.759. The van der Waals surface area contributed by atoms with Crippen molar-refractivity contribution in [1.82, 2.24) is 5.32 Å². The van der Waals surface area contributed by atoms with E-state index in [-0.39, 0.29) is 23.5 Å². The lowest BCUT2D eigenvalue weighted by molar-refractivity contribution is 0.206. The number of ether oxygens (including phenoxy) is 1. The number of hydrogen-bond donors (Lipinski definition) is 3. The van der Waals surface area contributed by atoms with Crippen LogP contribution in [0.3, 0.4) is 0 Å². The van der Waals surface area contributed by atoms with Gasteiger partial charge < -0.3 is 20.5 Å². The Balaban J connectivity index is 1.69. The summed E-state index contributed by atoms with van der Waals surface area (Å²) in [5.41, 5.74) is -0.233. The molecule has 0 radical (unpaired) electrons. The molecule has 1 saturated carbocycles. The maximum absolute atomic E-state index is 14.1. The molecule has 6 heteroatoms. The Morgan fingerprint density at radius 2 is 1.92 bits per heavy atom. The van der Waals surface area contributed by atoms with Gasteiger partial charge in [-0.15, -0.1) is 0 Å². The minimum atomic E-state index is -0.582. The van der Waals surface area contributed by atoms with Crippen LogP contribution in [0.4, 0.5) is 14.9 Å². The highest BCUT2D eigenvalue weighted by molar-refractivity contribution is 5.91. The fraction of sp³-hybridized carbons (Fsp3) is 0.278. The number of hydrogen-bond acceptors (Lipinski definition) is 3. The number of anilines is 1. The summed E-state index contributed by atoms with van der Waals surface area (Å²) in [4.78, 5) is 12.0. The summed E-state index contributed by atoms with van der Waals surface area (Å²) < 4.78 is 19.8. The first kappa shape index (κ1) is 16.3. The fourth-order valence-electron chi connectivity index (χ4n) is 2.32. The van der Waals surface area contributed by atoms with Gasteiger partial charge in [0, 0.05) is 12.0 Å². The van der Waals surface area contributed by atoms with Crippen LogP contribution in [0.5, 0.6) is 11.5 Å². The van der Waals surface area contributed by atoms with Gasteiger partial charge in [-0.05, 0) is 37.1 Å². The number of carbonyl (C=O) groups is 1. The molecule has 126 valence electrons. The van der Waals surface area contributed by atoms with Crippen LogP contribution in [0, 0.1) is 11.2 Å². The Kier molecular flexibility index (Phi) is 4.66. The molecule has 1 fully saturated rings. The lowest BCUT2D eigenvalue weighted by atomic mass is 10.1. The van der Waals surface area contributed by atoms with Gasteiger partial charge in [0.1, 0.15) is 11.4 Å². The largest absolute Gasteiger partial charge is 0.455 e. The van der Waals surface area contributed by atoms with Crippen molar-refractivity contribution in [3.05, 3.63) is 54.3 Å². The number of aliphatic hydroxyl groups is 1. The molecule has 0 saturated heterocycles. The first-order valence-electron chi connectivity index (χ1n) is 7.79. The Morgan fingerprint density at radius 1 is 1.17 bits per heavy atom. The molecule has 1 aliphatic carbocycles. The number of halogens is 1. The van der Waals surface area contributed by atoms with E-state index >= 15 is 0 Å². The van der Waals surface area contributed by atoms with Crippen molar-refractivity contribution >= 4 is 11.7 Å². The highest BCUT2D eigenvalue weighted by Gasteiger charge is 2.42. The van der Waals surface area contributed by atoms with E-state index in [9.17, 15) is 14.3 Å². The predicted molar refractivity (Wildman–Crippen MR) is 88.7 cm³/mol. The molecule has 24 heavy (non-hydrogen) atoms. The summed E-state index contributed by atoms with van der Waals surface area (Å²) in [6.45, 7) is 0.397. The second kappa shape index (κ2) is 6.88. The minimum Gasteiger partial charge on any atom is -0.455 e. The Hall–Kier alpha value is -2.60. The van der Waals surface area contributed by atoms with E-state index in [1.165, 1.54) is 12.1 Å². The first-order chi connectivity index (χ1) is 11.6. The smallest absolute Gasteiger partial charge is 0.319 e. The lowest BCUT2D eigenvalue weighted by Gasteiger charge is -2.16. The molecule has 1 aliphatic rings. The molecule has 3 N–H and O–H groups in total. The lowest BCUT2D eigenvalue weighted by Crippen LogP contribution is -2.35. The Labute approximate surface area is 139 Å². The molecule has 0 aromatic heterocycles. The van der Waals surface area contributed by atoms with Crippen LogP contribution < -0.4 is 15.4 Å². The van der Waals surface area contributed by atoms with Crippen molar-refractivity contribution < 1.29 is 19.0 Å². The van der Waals surface area contributed by atoms with Crippen LogP contribution in [-0.2, 0) is 0 Å². The number of amides is 2. The monoisotopic (exact) mass is 330 g/mol. The van der Waals surface area contributed by atoms with Crippen LogP contribution in [0.2, 0.25) is 0 Å². The molecule has 0 bridgehead atoms. The molecule has 2 aromatic carbocycles. The number of rotatable bonds is 6. The highest BCUT2D eigenvalue weighted by atomic mass is 19.1. The molecule has 0 heterocycles. The van der Waals surface area contributed by atoms with Crippen LogP contribution in [0.15, 0.2) is 48.5 Å². The third-order valence-corrected chi connectivity index (χ3v) is 4.10. The van der Waals surface area contributed by atoms with Gasteiger partial charge in [-0.1, -0.05) is 24.3 Å². The zero-order valence-electron chi connectivity index (χ0n) is 13.1. The van der Waals surface area contributed by atoms with E-state index in [0.29, 0.717) is 12.3 Å². The number of benzene rings is 2. The van der Waals surface area contributed by atoms with E-state index in [4.69, 9.17) is 4.74 Å². The number of para-hydroxylation sites is 2. The summed E-state index contributed by atoms with van der Waals surface area (Å²) in [5.74, 6) is 0.185. The molecule has 5 nitrogen and oxygen atoms in total. The van der Waals surface area contributed by atoms with Crippen molar-refractivity contribution in [2.45, 2.75) is 12.8 Å². The van der Waals surface area contributed by atoms with Gasteiger partial charge in [0.25, 0.3) is 0 Å². The van der Waals surface area contributed by atoms with Crippen molar-refractivity contribution in [2.75, 3.05) is 18.5 Å². The third kappa shape index (κ3) is 3.83. The van der Waals surface area contributed by atoms with Crippen LogP contribution in [-0.4, -0.2) is 24.3 Å². The van der Waals surface area contributed by atoms with E-state index in [1.807, 2.05) is 6.07 Å².